The third-order valence-corrected chi connectivity index (χ3v) is 4.25. The highest BCUT2D eigenvalue weighted by Gasteiger charge is 2.12. The first kappa shape index (κ1) is 17.5. The lowest BCUT2D eigenvalue weighted by Gasteiger charge is -2.03. The van der Waals surface area contributed by atoms with Crippen molar-refractivity contribution in [3.63, 3.8) is 0 Å². The van der Waals surface area contributed by atoms with Gasteiger partial charge in [-0.1, -0.05) is 29.5 Å². The maximum atomic E-state index is 12.1. The molecule has 0 fully saturated rings. The van der Waals surface area contributed by atoms with Crippen molar-refractivity contribution < 1.29 is 14.5 Å². The summed E-state index contributed by atoms with van der Waals surface area (Å²) in [7, 11) is 0. The summed E-state index contributed by atoms with van der Waals surface area (Å²) in [6.45, 7) is 0.453. The van der Waals surface area contributed by atoms with Crippen molar-refractivity contribution >= 4 is 28.1 Å². The van der Waals surface area contributed by atoms with Crippen LogP contribution in [0.15, 0.2) is 54.6 Å². The van der Waals surface area contributed by atoms with E-state index in [1.54, 1.807) is 0 Å². The number of para-hydroxylation sites is 1. The molecule has 26 heavy (non-hydrogen) atoms. The van der Waals surface area contributed by atoms with E-state index < -0.39 is 10.8 Å². The molecular formula is C17H14N4O4S. The molecule has 3 aromatic rings. The predicted octanol–water partition coefficient (Wildman–Crippen LogP) is 3.32. The first-order valence-electron chi connectivity index (χ1n) is 7.68. The molecule has 1 amide bonds. The molecule has 1 N–H and O–H groups in total. The van der Waals surface area contributed by atoms with Gasteiger partial charge in [-0.05, 0) is 24.3 Å². The molecule has 0 spiro atoms. The Kier molecular flexibility index (Phi) is 5.49. The molecule has 9 heteroatoms. The lowest BCUT2D eigenvalue weighted by Crippen LogP contribution is -2.11. The maximum absolute atomic E-state index is 12.1. The van der Waals surface area contributed by atoms with Crippen LogP contribution in [0.3, 0.4) is 0 Å². The number of anilines is 1. The van der Waals surface area contributed by atoms with E-state index in [0.717, 1.165) is 10.8 Å². The van der Waals surface area contributed by atoms with E-state index in [1.807, 2.05) is 30.3 Å². The van der Waals surface area contributed by atoms with E-state index in [0.29, 0.717) is 23.7 Å². The minimum atomic E-state index is -0.518. The summed E-state index contributed by atoms with van der Waals surface area (Å²) in [5, 5.41) is 22.3. The number of nitro benzene ring substituents is 1. The molecule has 3 rings (SSSR count). The summed E-state index contributed by atoms with van der Waals surface area (Å²) in [5.74, 6) is 0.381. The number of carbonyl (C=O) groups is 1. The summed E-state index contributed by atoms with van der Waals surface area (Å²) >= 11 is 1.26. The second-order valence-corrected chi connectivity index (χ2v) is 6.23. The number of hydrogen-bond acceptors (Lipinski definition) is 7. The van der Waals surface area contributed by atoms with E-state index in [9.17, 15) is 14.9 Å². The summed E-state index contributed by atoms with van der Waals surface area (Å²) in [6.07, 6.45) is 0.569. The molecule has 0 saturated carbocycles. The van der Waals surface area contributed by atoms with E-state index in [4.69, 9.17) is 4.74 Å². The van der Waals surface area contributed by atoms with E-state index in [2.05, 4.69) is 15.5 Å². The van der Waals surface area contributed by atoms with Crippen LogP contribution in [-0.4, -0.2) is 27.6 Å². The molecule has 0 aliphatic carbocycles. The van der Waals surface area contributed by atoms with Crippen LogP contribution >= 0.6 is 11.3 Å². The van der Waals surface area contributed by atoms with Gasteiger partial charge in [-0.3, -0.25) is 20.2 Å². The van der Waals surface area contributed by atoms with Gasteiger partial charge in [0.15, 0.2) is 0 Å². The van der Waals surface area contributed by atoms with Crippen molar-refractivity contribution in [3.8, 4) is 5.75 Å². The van der Waals surface area contributed by atoms with Crippen molar-refractivity contribution in [3.05, 3.63) is 75.3 Å². The Hall–Kier alpha value is -3.33. The minimum absolute atomic E-state index is 0.0711. The maximum Gasteiger partial charge on any atom is 0.269 e. The number of ether oxygens (including phenoxy) is 1. The SMILES string of the molecule is O=C(Nc1nnc(CCOc2ccccc2)s1)c1ccc([N+](=O)[O-])cc1. The molecule has 0 atom stereocenters. The molecule has 8 nitrogen and oxygen atoms in total. The fraction of sp³-hybridized carbons (Fsp3) is 0.118. The number of amides is 1. The number of hydrogen-bond donors (Lipinski definition) is 1. The lowest BCUT2D eigenvalue weighted by molar-refractivity contribution is -0.384. The Balaban J connectivity index is 1.52. The Morgan fingerprint density at radius 2 is 1.85 bits per heavy atom. The van der Waals surface area contributed by atoms with E-state index in [-0.39, 0.29) is 5.69 Å². The Labute approximate surface area is 152 Å². The molecule has 2 aromatic carbocycles. The molecule has 0 aliphatic heterocycles. The van der Waals surface area contributed by atoms with Crippen molar-refractivity contribution in [1.82, 2.24) is 10.2 Å². The standard InChI is InChI=1S/C17H14N4O4S/c22-16(12-6-8-13(9-7-12)21(23)24)18-17-20-19-15(26-17)10-11-25-14-4-2-1-3-5-14/h1-9H,10-11H2,(H,18,20,22). The molecule has 1 heterocycles. The third-order valence-electron chi connectivity index (χ3n) is 3.36. The van der Waals surface area contributed by atoms with E-state index >= 15 is 0 Å². The normalized spacial score (nSPS) is 10.3. The molecular weight excluding hydrogens is 356 g/mol. The number of nitrogens with zero attached hydrogens (tertiary/aromatic N) is 3. The van der Waals surface area contributed by atoms with Crippen molar-refractivity contribution in [2.24, 2.45) is 0 Å². The summed E-state index contributed by atoms with van der Waals surface area (Å²) < 4.78 is 5.60. The van der Waals surface area contributed by atoms with Gasteiger partial charge < -0.3 is 4.74 Å². The summed E-state index contributed by atoms with van der Waals surface area (Å²) in [5.41, 5.74) is 0.234. The third kappa shape index (κ3) is 4.61. The molecule has 0 aliphatic rings. The van der Waals surface area contributed by atoms with Crippen LogP contribution in [0.1, 0.15) is 15.4 Å². The van der Waals surface area contributed by atoms with Crippen LogP contribution in [0.4, 0.5) is 10.8 Å². The lowest BCUT2D eigenvalue weighted by atomic mass is 10.2. The average Bonchev–Trinajstić information content (AvgIpc) is 3.10. The quantitative estimate of drug-likeness (QED) is 0.505. The molecule has 0 unspecified atom stereocenters. The van der Waals surface area contributed by atoms with Crippen LogP contribution < -0.4 is 10.1 Å². The molecule has 0 bridgehead atoms. The highest BCUT2D eigenvalue weighted by molar-refractivity contribution is 7.15. The number of non-ortho nitro benzene ring substituents is 1. The van der Waals surface area contributed by atoms with Gasteiger partial charge in [-0.2, -0.15) is 0 Å². The first-order valence-corrected chi connectivity index (χ1v) is 8.49. The van der Waals surface area contributed by atoms with Gasteiger partial charge in [0.2, 0.25) is 5.13 Å². The molecule has 0 radical (unpaired) electrons. The number of aromatic nitrogens is 2. The zero-order valence-corrected chi connectivity index (χ0v) is 14.3. The largest absolute Gasteiger partial charge is 0.493 e. The highest BCUT2D eigenvalue weighted by Crippen LogP contribution is 2.18. The topological polar surface area (TPSA) is 107 Å². The fourth-order valence-electron chi connectivity index (χ4n) is 2.08. The zero-order valence-electron chi connectivity index (χ0n) is 13.5. The average molecular weight is 370 g/mol. The second-order valence-electron chi connectivity index (χ2n) is 5.17. The van der Waals surface area contributed by atoms with Crippen LogP contribution in [-0.2, 0) is 6.42 Å². The van der Waals surface area contributed by atoms with Gasteiger partial charge >= 0.3 is 0 Å². The number of nitro groups is 1. The van der Waals surface area contributed by atoms with E-state index in [1.165, 1.54) is 35.6 Å². The molecule has 0 saturated heterocycles. The smallest absolute Gasteiger partial charge is 0.269 e. The van der Waals surface area contributed by atoms with Gasteiger partial charge in [-0.15, -0.1) is 10.2 Å². The fourth-order valence-corrected chi connectivity index (χ4v) is 2.80. The van der Waals surface area contributed by atoms with Crippen LogP contribution in [0.2, 0.25) is 0 Å². The number of rotatable bonds is 7. The van der Waals surface area contributed by atoms with Gasteiger partial charge in [-0.25, -0.2) is 0 Å². The summed E-state index contributed by atoms with van der Waals surface area (Å²) in [6, 6.07) is 14.8. The van der Waals surface area contributed by atoms with Crippen molar-refractivity contribution in [2.45, 2.75) is 6.42 Å². The molecule has 1 aromatic heterocycles. The summed E-state index contributed by atoms with van der Waals surface area (Å²) in [4.78, 5) is 22.3. The predicted molar refractivity (Wildman–Crippen MR) is 96.6 cm³/mol. The van der Waals surface area contributed by atoms with Crippen LogP contribution in [0.25, 0.3) is 0 Å². The Bertz CT molecular complexity index is 897. The minimum Gasteiger partial charge on any atom is -0.493 e. The van der Waals surface area contributed by atoms with Gasteiger partial charge in [0, 0.05) is 24.1 Å². The number of carbonyl (C=O) groups excluding carboxylic acids is 1. The number of nitrogens with one attached hydrogen (secondary N) is 1. The van der Waals surface area contributed by atoms with Crippen LogP contribution in [0.5, 0.6) is 5.75 Å². The van der Waals surface area contributed by atoms with Gasteiger partial charge in [0.05, 0.1) is 11.5 Å². The highest BCUT2D eigenvalue weighted by atomic mass is 32.1. The monoisotopic (exact) mass is 370 g/mol. The first-order chi connectivity index (χ1) is 12.6. The Morgan fingerprint density at radius 3 is 2.54 bits per heavy atom. The van der Waals surface area contributed by atoms with Gasteiger partial charge in [0.25, 0.3) is 11.6 Å². The van der Waals surface area contributed by atoms with Crippen molar-refractivity contribution in [2.75, 3.05) is 11.9 Å². The molecule has 132 valence electrons. The number of benzene rings is 2. The van der Waals surface area contributed by atoms with Crippen molar-refractivity contribution in [1.29, 1.82) is 0 Å². The zero-order chi connectivity index (χ0) is 18.4. The van der Waals surface area contributed by atoms with Gasteiger partial charge in [0.1, 0.15) is 10.8 Å². The second kappa shape index (κ2) is 8.17. The van der Waals surface area contributed by atoms with Crippen LogP contribution in [0, 0.1) is 10.1 Å². The Morgan fingerprint density at radius 1 is 1.12 bits per heavy atom.